The van der Waals surface area contributed by atoms with Gasteiger partial charge in [0.05, 0.1) is 5.92 Å². The summed E-state index contributed by atoms with van der Waals surface area (Å²) in [5.41, 5.74) is 0. The van der Waals surface area contributed by atoms with Gasteiger partial charge in [-0.15, -0.1) is 0 Å². The predicted molar refractivity (Wildman–Crippen MR) is 72.5 cm³/mol. The number of Topliss-reactive ketones (excluding diaryl/α,β-unsaturated/α-hetero) is 1. The predicted octanol–water partition coefficient (Wildman–Crippen LogP) is 3.71. The maximum Gasteiger partial charge on any atom is 0.177 e. The van der Waals surface area contributed by atoms with Crippen LogP contribution in [-0.2, 0) is 14.3 Å². The quantitative estimate of drug-likeness (QED) is 0.466. The lowest BCUT2D eigenvalue weighted by Crippen LogP contribution is -2.45. The smallest absolute Gasteiger partial charge is 0.177 e. The number of ketones is 1. The first kappa shape index (κ1) is 15.6. The average molecular weight is 256 g/mol. The summed E-state index contributed by atoms with van der Waals surface area (Å²) in [5.74, 6) is -0.366. The maximum absolute atomic E-state index is 12.0. The van der Waals surface area contributed by atoms with E-state index in [2.05, 4.69) is 6.92 Å². The molecule has 0 spiro atoms. The van der Waals surface area contributed by atoms with Crippen LogP contribution in [0.3, 0.4) is 0 Å². The van der Waals surface area contributed by atoms with Crippen molar-refractivity contribution in [1.82, 2.24) is 0 Å². The highest BCUT2D eigenvalue weighted by molar-refractivity contribution is 5.83. The van der Waals surface area contributed by atoms with Gasteiger partial charge in [0.25, 0.3) is 0 Å². The molecule has 0 N–H and O–H groups in total. The molecule has 0 radical (unpaired) electrons. The lowest BCUT2D eigenvalue weighted by Gasteiger charge is -2.37. The minimum absolute atomic E-state index is 0.0470. The minimum Gasteiger partial charge on any atom is -0.349 e. The summed E-state index contributed by atoms with van der Waals surface area (Å²) in [6.45, 7) is 7.36. The molecule has 1 saturated carbocycles. The van der Waals surface area contributed by atoms with Crippen molar-refractivity contribution in [3.63, 3.8) is 0 Å². The Balaban J connectivity index is 2.77. The zero-order valence-electron chi connectivity index (χ0n) is 12.2. The first-order valence-corrected chi connectivity index (χ1v) is 7.50. The average Bonchev–Trinajstić information content (AvgIpc) is 2.77. The zero-order valence-corrected chi connectivity index (χ0v) is 12.2. The molecule has 1 aliphatic carbocycles. The zero-order chi connectivity index (χ0) is 13.4. The Hall–Kier alpha value is -0.410. The largest absolute Gasteiger partial charge is 0.349 e. The summed E-state index contributed by atoms with van der Waals surface area (Å²) < 4.78 is 11.9. The Morgan fingerprint density at radius 3 is 2.28 bits per heavy atom. The fourth-order valence-corrected chi connectivity index (χ4v) is 2.95. The Bertz CT molecular complexity index is 244. The van der Waals surface area contributed by atoms with E-state index < -0.39 is 5.79 Å². The van der Waals surface area contributed by atoms with Crippen molar-refractivity contribution >= 4 is 5.78 Å². The summed E-state index contributed by atoms with van der Waals surface area (Å²) in [4.78, 5) is 12.0. The van der Waals surface area contributed by atoms with Crippen LogP contribution in [0.25, 0.3) is 0 Å². The topological polar surface area (TPSA) is 35.5 Å². The van der Waals surface area contributed by atoms with E-state index in [1.54, 1.807) is 0 Å². The van der Waals surface area contributed by atoms with E-state index in [0.717, 1.165) is 25.7 Å². The SMILES string of the molecule is CCCCCC(OCC)(OCC)C1CCCC1=O. The van der Waals surface area contributed by atoms with Gasteiger partial charge in [-0.1, -0.05) is 19.8 Å². The number of carbonyl (C=O) groups excluding carboxylic acids is 1. The lowest BCUT2D eigenvalue weighted by atomic mass is 9.90. The van der Waals surface area contributed by atoms with Crippen molar-refractivity contribution in [2.45, 2.75) is 71.5 Å². The number of hydrogen-bond acceptors (Lipinski definition) is 3. The van der Waals surface area contributed by atoms with Crippen LogP contribution in [0.5, 0.6) is 0 Å². The molecule has 0 aliphatic heterocycles. The van der Waals surface area contributed by atoms with Gasteiger partial charge in [0.1, 0.15) is 5.78 Å². The Morgan fingerprint density at radius 1 is 1.17 bits per heavy atom. The van der Waals surface area contributed by atoms with Gasteiger partial charge in [0.15, 0.2) is 5.79 Å². The number of carbonyl (C=O) groups is 1. The molecule has 18 heavy (non-hydrogen) atoms. The summed E-state index contributed by atoms with van der Waals surface area (Å²) in [6.07, 6.45) is 6.86. The van der Waals surface area contributed by atoms with Crippen LogP contribution in [0.15, 0.2) is 0 Å². The molecule has 1 unspecified atom stereocenters. The lowest BCUT2D eigenvalue weighted by molar-refractivity contribution is -0.261. The van der Waals surface area contributed by atoms with Crippen LogP contribution in [0, 0.1) is 5.92 Å². The number of rotatable bonds is 9. The summed E-state index contributed by atoms with van der Waals surface area (Å²) in [7, 11) is 0. The third-order valence-corrected chi connectivity index (χ3v) is 3.74. The molecule has 3 heteroatoms. The second-order valence-corrected chi connectivity index (χ2v) is 5.05. The molecule has 0 amide bonds. The van der Waals surface area contributed by atoms with Gasteiger partial charge in [-0.25, -0.2) is 0 Å². The first-order valence-electron chi connectivity index (χ1n) is 7.50. The van der Waals surface area contributed by atoms with E-state index in [1.165, 1.54) is 12.8 Å². The van der Waals surface area contributed by atoms with Crippen molar-refractivity contribution in [1.29, 1.82) is 0 Å². The molecule has 0 aromatic carbocycles. The highest BCUT2D eigenvalue weighted by Crippen LogP contribution is 2.38. The van der Waals surface area contributed by atoms with Crippen molar-refractivity contribution in [2.75, 3.05) is 13.2 Å². The van der Waals surface area contributed by atoms with E-state index in [9.17, 15) is 4.79 Å². The third kappa shape index (κ3) is 3.79. The molecule has 0 saturated heterocycles. The Kier molecular flexibility index (Phi) is 6.87. The molecule has 0 aromatic rings. The first-order chi connectivity index (χ1) is 8.70. The Morgan fingerprint density at radius 2 is 1.83 bits per heavy atom. The van der Waals surface area contributed by atoms with Crippen molar-refractivity contribution < 1.29 is 14.3 Å². The highest BCUT2D eigenvalue weighted by atomic mass is 16.7. The van der Waals surface area contributed by atoms with E-state index in [-0.39, 0.29) is 5.92 Å². The maximum atomic E-state index is 12.0. The van der Waals surface area contributed by atoms with Crippen LogP contribution in [-0.4, -0.2) is 24.8 Å². The summed E-state index contributed by atoms with van der Waals surface area (Å²) >= 11 is 0. The van der Waals surface area contributed by atoms with E-state index in [0.29, 0.717) is 25.4 Å². The molecule has 1 fully saturated rings. The van der Waals surface area contributed by atoms with Crippen LogP contribution < -0.4 is 0 Å². The molecule has 0 heterocycles. The van der Waals surface area contributed by atoms with E-state index >= 15 is 0 Å². The summed E-state index contributed by atoms with van der Waals surface area (Å²) in [6, 6.07) is 0. The standard InChI is InChI=1S/C15H28O3/c1-4-7-8-12-15(17-5-2,18-6-3)13-10-9-11-14(13)16/h13H,4-12H2,1-3H3. The van der Waals surface area contributed by atoms with Crippen LogP contribution in [0.4, 0.5) is 0 Å². The van der Waals surface area contributed by atoms with Gasteiger partial charge in [-0.05, 0) is 33.1 Å². The molecule has 0 aromatic heterocycles. The minimum atomic E-state index is -0.647. The normalized spacial score (nSPS) is 20.6. The van der Waals surface area contributed by atoms with Crippen molar-refractivity contribution in [2.24, 2.45) is 5.92 Å². The molecule has 1 rings (SSSR count). The van der Waals surface area contributed by atoms with Crippen LogP contribution in [0.1, 0.15) is 65.7 Å². The van der Waals surface area contributed by atoms with Gasteiger partial charge in [-0.2, -0.15) is 0 Å². The van der Waals surface area contributed by atoms with Crippen molar-refractivity contribution in [3.8, 4) is 0 Å². The second-order valence-electron chi connectivity index (χ2n) is 5.05. The number of hydrogen-bond donors (Lipinski definition) is 0. The van der Waals surface area contributed by atoms with Gasteiger partial charge in [0, 0.05) is 26.1 Å². The molecule has 3 nitrogen and oxygen atoms in total. The molecule has 1 atom stereocenters. The van der Waals surface area contributed by atoms with Gasteiger partial charge >= 0.3 is 0 Å². The number of ether oxygens (including phenoxy) is 2. The summed E-state index contributed by atoms with van der Waals surface area (Å²) in [5, 5.41) is 0. The van der Waals surface area contributed by atoms with Crippen molar-refractivity contribution in [3.05, 3.63) is 0 Å². The fourth-order valence-electron chi connectivity index (χ4n) is 2.95. The molecular formula is C15H28O3. The number of unbranched alkanes of at least 4 members (excludes halogenated alkanes) is 2. The monoisotopic (exact) mass is 256 g/mol. The highest BCUT2D eigenvalue weighted by Gasteiger charge is 2.46. The van der Waals surface area contributed by atoms with Gasteiger partial charge < -0.3 is 9.47 Å². The second kappa shape index (κ2) is 7.90. The molecule has 1 aliphatic rings. The third-order valence-electron chi connectivity index (χ3n) is 3.74. The van der Waals surface area contributed by atoms with E-state index in [4.69, 9.17) is 9.47 Å². The molecule has 106 valence electrons. The van der Waals surface area contributed by atoms with E-state index in [1.807, 2.05) is 13.8 Å². The molecule has 0 bridgehead atoms. The van der Waals surface area contributed by atoms with Crippen LogP contribution in [0.2, 0.25) is 0 Å². The van der Waals surface area contributed by atoms with Gasteiger partial charge in [-0.3, -0.25) is 4.79 Å². The fraction of sp³-hybridized carbons (Fsp3) is 0.933. The molecular weight excluding hydrogens is 228 g/mol. The van der Waals surface area contributed by atoms with Gasteiger partial charge in [0.2, 0.25) is 0 Å². The Labute approximate surface area is 111 Å². The van der Waals surface area contributed by atoms with Crippen LogP contribution >= 0.6 is 0 Å².